The summed E-state index contributed by atoms with van der Waals surface area (Å²) in [5.74, 6) is -2.00. The Kier molecular flexibility index (Phi) is 17.8. The van der Waals surface area contributed by atoms with Crippen LogP contribution in [0.25, 0.3) is 16.8 Å². The molecule has 0 aliphatic carbocycles. The van der Waals surface area contributed by atoms with E-state index >= 15 is 0 Å². The van der Waals surface area contributed by atoms with Gasteiger partial charge in [-0.3, -0.25) is 9.59 Å². The van der Waals surface area contributed by atoms with Crippen molar-refractivity contribution in [3.05, 3.63) is 128 Å². The van der Waals surface area contributed by atoms with Gasteiger partial charge in [-0.2, -0.15) is 0 Å². The highest BCUT2D eigenvalue weighted by atomic mass is 19.1. The number of hydrogen-bond acceptors (Lipinski definition) is 12. The van der Waals surface area contributed by atoms with Gasteiger partial charge in [-0.05, 0) is 73.2 Å². The van der Waals surface area contributed by atoms with Gasteiger partial charge < -0.3 is 39.2 Å². The van der Waals surface area contributed by atoms with Crippen LogP contribution in [-0.4, -0.2) is 81.6 Å². The molecular formula is C39H47FN4O12. The number of allylic oxidation sites excluding steroid dienone is 5. The number of aromatic nitrogens is 1. The van der Waals surface area contributed by atoms with Crippen LogP contribution in [0.3, 0.4) is 0 Å². The standard InChI is InChI=1S/C39H47FN4O12/c1-5-10-27(11-6-2)35-36(39(48)41-30-12-8-7-9-13-30)37(26(3)4)42(38(35)28-14-16-29(40)17-15-28)19-18-31(45)22-32(46)23-34(47)54-25-33(56-44(51)52)24-53-20-21-55-43(49)50/h5-17,26,31-33,45-46H,1,18-25H2,2-4H3,(H,41,48)/b11-6-,27-10+/t31?,32-,33?/m1/s1. The lowest BCUT2D eigenvalue weighted by molar-refractivity contribution is -0.769. The summed E-state index contributed by atoms with van der Waals surface area (Å²) >= 11 is 0. The Morgan fingerprint density at radius 3 is 2.29 bits per heavy atom. The molecule has 302 valence electrons. The molecule has 0 radical (unpaired) electrons. The van der Waals surface area contributed by atoms with E-state index in [1.807, 2.05) is 43.6 Å². The Labute approximate surface area is 323 Å². The molecule has 0 aliphatic rings. The van der Waals surface area contributed by atoms with Gasteiger partial charge in [0.05, 0.1) is 43.1 Å². The average molecular weight is 783 g/mol. The SMILES string of the molecule is C=C/C=C(\C=C/C)c1c(C(=O)Nc2ccccc2)c(C(C)C)n(CCC(O)C[C@@H](O)CC(=O)OCC(COCCO[N+](=O)[O-])O[N+](=O)[O-])c1-c1ccc(F)cc1. The van der Waals surface area contributed by atoms with Gasteiger partial charge in [0, 0.05) is 23.5 Å². The van der Waals surface area contributed by atoms with E-state index in [9.17, 15) is 44.4 Å². The van der Waals surface area contributed by atoms with Crippen molar-refractivity contribution in [2.24, 2.45) is 0 Å². The fourth-order valence-corrected chi connectivity index (χ4v) is 5.98. The van der Waals surface area contributed by atoms with Crippen LogP contribution in [0, 0.1) is 26.0 Å². The van der Waals surface area contributed by atoms with Gasteiger partial charge in [-0.15, -0.1) is 20.2 Å². The van der Waals surface area contributed by atoms with Crippen LogP contribution in [0.15, 0.2) is 85.5 Å². The maximum Gasteiger partial charge on any atom is 0.308 e. The fraction of sp³-hybridized carbons (Fsp3) is 0.385. The predicted molar refractivity (Wildman–Crippen MR) is 204 cm³/mol. The number of para-hydroxylation sites is 1. The number of benzene rings is 2. The van der Waals surface area contributed by atoms with Crippen molar-refractivity contribution in [3.63, 3.8) is 0 Å². The molecule has 3 atom stereocenters. The highest BCUT2D eigenvalue weighted by molar-refractivity contribution is 6.11. The summed E-state index contributed by atoms with van der Waals surface area (Å²) < 4.78 is 26.2. The topological polar surface area (TPSA) is 215 Å². The van der Waals surface area contributed by atoms with E-state index in [-0.39, 0.29) is 37.8 Å². The normalized spacial score (nSPS) is 13.2. The van der Waals surface area contributed by atoms with E-state index in [4.69, 9.17) is 9.47 Å². The molecule has 1 heterocycles. The Balaban J connectivity index is 1.87. The van der Waals surface area contributed by atoms with Gasteiger partial charge >= 0.3 is 5.97 Å². The molecule has 0 saturated carbocycles. The van der Waals surface area contributed by atoms with Gasteiger partial charge in [0.2, 0.25) is 0 Å². The molecule has 0 saturated heterocycles. The summed E-state index contributed by atoms with van der Waals surface area (Å²) in [4.78, 5) is 56.4. The van der Waals surface area contributed by atoms with E-state index in [1.54, 1.807) is 48.6 Å². The zero-order valence-electron chi connectivity index (χ0n) is 31.4. The molecule has 0 fully saturated rings. The van der Waals surface area contributed by atoms with Crippen LogP contribution >= 0.6 is 0 Å². The van der Waals surface area contributed by atoms with Crippen molar-refractivity contribution in [2.75, 3.05) is 31.7 Å². The lowest BCUT2D eigenvalue weighted by atomic mass is 9.93. The first-order valence-electron chi connectivity index (χ1n) is 17.8. The van der Waals surface area contributed by atoms with Crippen LogP contribution in [0.4, 0.5) is 10.1 Å². The van der Waals surface area contributed by atoms with E-state index in [0.29, 0.717) is 39.3 Å². The van der Waals surface area contributed by atoms with Crippen molar-refractivity contribution >= 4 is 23.1 Å². The number of aliphatic hydroxyl groups excluding tert-OH is 2. The molecule has 17 heteroatoms. The number of amides is 1. The Hall–Kier alpha value is -5.91. The molecule has 16 nitrogen and oxygen atoms in total. The summed E-state index contributed by atoms with van der Waals surface area (Å²) in [5, 5.41) is 43.7. The second kappa shape index (κ2) is 22.5. The third-order valence-corrected chi connectivity index (χ3v) is 8.19. The molecule has 0 bridgehead atoms. The number of nitrogens with one attached hydrogen (secondary N) is 1. The maximum atomic E-state index is 14.3. The van der Waals surface area contributed by atoms with E-state index in [1.165, 1.54) is 12.1 Å². The third-order valence-electron chi connectivity index (χ3n) is 8.19. The average Bonchev–Trinajstić information content (AvgIpc) is 3.48. The maximum absolute atomic E-state index is 14.3. The Morgan fingerprint density at radius 2 is 1.68 bits per heavy atom. The molecule has 3 aromatic rings. The van der Waals surface area contributed by atoms with Crippen molar-refractivity contribution < 1.29 is 53.5 Å². The van der Waals surface area contributed by atoms with Crippen LogP contribution in [0.2, 0.25) is 0 Å². The molecule has 0 aliphatic heterocycles. The minimum Gasteiger partial charge on any atom is -0.463 e. The molecule has 1 amide bonds. The Morgan fingerprint density at radius 1 is 0.982 bits per heavy atom. The molecule has 3 rings (SSSR count). The van der Waals surface area contributed by atoms with Gasteiger partial charge in [0.25, 0.3) is 16.1 Å². The second-order valence-corrected chi connectivity index (χ2v) is 12.8. The van der Waals surface area contributed by atoms with E-state index in [0.717, 1.165) is 0 Å². The number of ether oxygens (including phenoxy) is 2. The fourth-order valence-electron chi connectivity index (χ4n) is 5.98. The zero-order chi connectivity index (χ0) is 41.2. The van der Waals surface area contributed by atoms with Crippen molar-refractivity contribution in [1.29, 1.82) is 0 Å². The van der Waals surface area contributed by atoms with E-state index in [2.05, 4.69) is 21.6 Å². The van der Waals surface area contributed by atoms with Crippen LogP contribution in [0.5, 0.6) is 0 Å². The number of hydrogen-bond donors (Lipinski definition) is 3. The molecule has 3 N–H and O–H groups in total. The van der Waals surface area contributed by atoms with Crippen LogP contribution < -0.4 is 5.32 Å². The number of rotatable bonds is 24. The van der Waals surface area contributed by atoms with Gasteiger partial charge in [-0.25, -0.2) is 4.39 Å². The number of esters is 1. The van der Waals surface area contributed by atoms with Crippen molar-refractivity contribution in [3.8, 4) is 11.3 Å². The Bertz CT molecular complexity index is 1840. The highest BCUT2D eigenvalue weighted by Gasteiger charge is 2.31. The highest BCUT2D eigenvalue weighted by Crippen LogP contribution is 2.41. The molecule has 2 aromatic carbocycles. The summed E-state index contributed by atoms with van der Waals surface area (Å²) in [6, 6.07) is 14.8. The largest absolute Gasteiger partial charge is 0.463 e. The third kappa shape index (κ3) is 13.7. The summed E-state index contributed by atoms with van der Waals surface area (Å²) in [6.45, 7) is 7.92. The molecule has 0 spiro atoms. The smallest absolute Gasteiger partial charge is 0.308 e. The quantitative estimate of drug-likeness (QED) is 0.0311. The lowest BCUT2D eigenvalue weighted by Gasteiger charge is -2.20. The van der Waals surface area contributed by atoms with E-state index < -0.39 is 66.5 Å². The lowest BCUT2D eigenvalue weighted by Crippen LogP contribution is -2.31. The minimum absolute atomic E-state index is 0.0637. The van der Waals surface area contributed by atoms with Crippen molar-refractivity contribution in [2.45, 2.75) is 70.8 Å². The van der Waals surface area contributed by atoms with Crippen LogP contribution in [-0.2, 0) is 30.5 Å². The summed E-state index contributed by atoms with van der Waals surface area (Å²) in [6.07, 6.45) is 2.42. The van der Waals surface area contributed by atoms with Gasteiger partial charge in [0.1, 0.15) is 19.0 Å². The van der Waals surface area contributed by atoms with Crippen molar-refractivity contribution in [1.82, 2.24) is 4.57 Å². The predicted octanol–water partition coefficient (Wildman–Crippen LogP) is 6.05. The number of carbonyl (C=O) groups is 2. The van der Waals surface area contributed by atoms with Crippen LogP contribution in [0.1, 0.15) is 67.6 Å². The summed E-state index contributed by atoms with van der Waals surface area (Å²) in [7, 11) is 0. The number of anilines is 1. The first kappa shape index (κ1) is 44.5. The number of carbonyl (C=O) groups excluding carboxylic acids is 2. The number of halogens is 1. The monoisotopic (exact) mass is 782 g/mol. The first-order chi connectivity index (χ1) is 26.7. The van der Waals surface area contributed by atoms with Gasteiger partial charge in [-0.1, -0.05) is 62.9 Å². The zero-order valence-corrected chi connectivity index (χ0v) is 31.4. The molecule has 56 heavy (non-hydrogen) atoms. The molecule has 2 unspecified atom stereocenters. The first-order valence-corrected chi connectivity index (χ1v) is 17.8. The molecule has 1 aromatic heterocycles. The number of aliphatic hydroxyl groups is 2. The summed E-state index contributed by atoms with van der Waals surface area (Å²) in [5.41, 5.74) is 4.02. The second-order valence-electron chi connectivity index (χ2n) is 12.8. The minimum atomic E-state index is -1.37. The van der Waals surface area contributed by atoms with Gasteiger partial charge in [0.15, 0.2) is 6.10 Å². The number of nitrogens with zero attached hydrogens (tertiary/aromatic N) is 3. The molecular weight excluding hydrogens is 735 g/mol.